The highest BCUT2D eigenvalue weighted by atomic mass is 32.2. The first-order valence-electron chi connectivity index (χ1n) is 9.68. The van der Waals surface area contributed by atoms with E-state index >= 15 is 0 Å². The molecule has 0 aliphatic carbocycles. The molecule has 0 aromatic rings. The molecule has 0 aliphatic heterocycles. The largest absolute Gasteiger partial charge is 0.481 e. The van der Waals surface area contributed by atoms with Crippen LogP contribution in [0, 0.1) is 0 Å². The van der Waals surface area contributed by atoms with E-state index in [-0.39, 0.29) is 30.9 Å². The molecule has 0 rings (SSSR count). The molecule has 0 aromatic heterocycles. The van der Waals surface area contributed by atoms with Gasteiger partial charge in [-0.05, 0) is 0 Å². The molecule has 0 radical (unpaired) electrons. The molecule has 0 saturated carbocycles. The van der Waals surface area contributed by atoms with Crippen molar-refractivity contribution < 1.29 is 38.4 Å². The minimum absolute atomic E-state index is 0.0252. The van der Waals surface area contributed by atoms with Gasteiger partial charge >= 0.3 is 5.97 Å². The number of rotatable bonds is 20. The normalized spacial score (nSPS) is 12.9. The monoisotopic (exact) mass is 453 g/mol. The van der Waals surface area contributed by atoms with Gasteiger partial charge in [0.05, 0.1) is 64.8 Å². The predicted molar refractivity (Wildman–Crippen MR) is 113 cm³/mol. The molecule has 2 amide bonds. The summed E-state index contributed by atoms with van der Waals surface area (Å²) in [4.78, 5) is 33.4. The number of hydrogen-bond donors (Lipinski definition) is 4. The van der Waals surface area contributed by atoms with Crippen molar-refractivity contribution in [3.05, 3.63) is 0 Å². The molecular weight excluding hydrogens is 418 g/mol. The number of nitrogens with one attached hydrogen (secondary N) is 2. The fourth-order valence-electron chi connectivity index (χ4n) is 2.11. The summed E-state index contributed by atoms with van der Waals surface area (Å²) in [6.45, 7) is 4.12. The van der Waals surface area contributed by atoms with Gasteiger partial charge in [0.15, 0.2) is 0 Å². The van der Waals surface area contributed by atoms with Crippen LogP contribution in [0.2, 0.25) is 0 Å². The Labute approximate surface area is 181 Å². The van der Waals surface area contributed by atoms with Crippen LogP contribution in [0.1, 0.15) is 13.3 Å². The lowest BCUT2D eigenvalue weighted by Gasteiger charge is -2.18. The molecule has 2 atom stereocenters. The van der Waals surface area contributed by atoms with Gasteiger partial charge in [-0.3, -0.25) is 14.4 Å². The number of carbonyl (C=O) groups excluding carboxylic acids is 2. The summed E-state index contributed by atoms with van der Waals surface area (Å²) in [5.41, 5.74) is 5.87. The van der Waals surface area contributed by atoms with Crippen LogP contribution in [-0.4, -0.2) is 106 Å². The van der Waals surface area contributed by atoms with Gasteiger partial charge in [-0.25, -0.2) is 0 Å². The van der Waals surface area contributed by atoms with Crippen molar-refractivity contribution in [1.82, 2.24) is 10.6 Å². The number of methoxy groups -OCH3 is 1. The van der Waals surface area contributed by atoms with E-state index in [0.29, 0.717) is 57.7 Å². The van der Waals surface area contributed by atoms with Crippen molar-refractivity contribution in [2.45, 2.75) is 25.4 Å². The van der Waals surface area contributed by atoms with Crippen molar-refractivity contribution >= 4 is 29.5 Å². The van der Waals surface area contributed by atoms with E-state index < -0.39 is 12.0 Å². The van der Waals surface area contributed by atoms with Crippen LogP contribution in [0.15, 0.2) is 0 Å². The molecule has 30 heavy (non-hydrogen) atoms. The predicted octanol–water partition coefficient (Wildman–Crippen LogP) is -1.16. The van der Waals surface area contributed by atoms with E-state index in [0.717, 1.165) is 0 Å². The number of thioether (sulfide) groups is 1. The van der Waals surface area contributed by atoms with E-state index in [1.165, 1.54) is 18.7 Å². The van der Waals surface area contributed by atoms with Gasteiger partial charge in [-0.15, -0.1) is 0 Å². The van der Waals surface area contributed by atoms with Crippen molar-refractivity contribution in [3.63, 3.8) is 0 Å². The van der Waals surface area contributed by atoms with Crippen LogP contribution < -0.4 is 16.4 Å². The fourth-order valence-corrected chi connectivity index (χ4v) is 3.12. The summed E-state index contributed by atoms with van der Waals surface area (Å²) in [5.74, 6) is -0.261. The standard InChI is InChI=1S/C18H35N3O8S/c1-14(22)21-15(11-26-2)12-30-13-16(19)18(25)20-4-6-28-8-10-29-9-7-27-5-3-17(23)24/h15-16H,3-13,19H2,1-2H3,(H,20,25)(H,21,22)(H,23,24)/t15-,16+/m1/s1. The van der Waals surface area contributed by atoms with Gasteiger partial charge < -0.3 is 40.4 Å². The molecule has 0 unspecified atom stereocenters. The molecule has 0 aliphatic rings. The molecule has 0 spiro atoms. The summed E-state index contributed by atoms with van der Waals surface area (Å²) in [6, 6.07) is -0.778. The third-order valence-electron chi connectivity index (χ3n) is 3.48. The highest BCUT2D eigenvalue weighted by Gasteiger charge is 2.15. The molecule has 0 heterocycles. The Balaban J connectivity index is 3.58. The number of aliphatic carboxylic acids is 1. The zero-order valence-electron chi connectivity index (χ0n) is 17.7. The number of carboxylic acids is 1. The molecule has 5 N–H and O–H groups in total. The highest BCUT2D eigenvalue weighted by molar-refractivity contribution is 7.99. The van der Waals surface area contributed by atoms with Crippen LogP contribution in [0.4, 0.5) is 0 Å². The zero-order valence-corrected chi connectivity index (χ0v) is 18.5. The Morgan fingerprint density at radius 2 is 1.60 bits per heavy atom. The molecule has 11 nitrogen and oxygen atoms in total. The van der Waals surface area contributed by atoms with E-state index in [2.05, 4.69) is 10.6 Å². The van der Waals surface area contributed by atoms with E-state index in [4.69, 9.17) is 29.8 Å². The van der Waals surface area contributed by atoms with Gasteiger partial charge in [0, 0.05) is 32.1 Å². The van der Waals surface area contributed by atoms with Crippen molar-refractivity contribution in [3.8, 4) is 0 Å². The zero-order chi connectivity index (χ0) is 22.6. The molecule has 0 fully saturated rings. The summed E-state index contributed by atoms with van der Waals surface area (Å²) in [6.07, 6.45) is -0.0252. The van der Waals surface area contributed by atoms with Gasteiger partial charge in [0.25, 0.3) is 0 Å². The third-order valence-corrected chi connectivity index (χ3v) is 4.71. The first-order chi connectivity index (χ1) is 14.4. The lowest BCUT2D eigenvalue weighted by atomic mass is 10.3. The topological polar surface area (TPSA) is 158 Å². The Kier molecular flexibility index (Phi) is 18.6. The van der Waals surface area contributed by atoms with Crippen LogP contribution in [-0.2, 0) is 33.3 Å². The minimum atomic E-state index is -0.895. The SMILES string of the molecule is COC[C@H](CSC[C@H](N)C(=O)NCCOCCOCCOCCC(=O)O)NC(C)=O. The molecule has 0 saturated heterocycles. The van der Waals surface area contributed by atoms with E-state index in [1.54, 1.807) is 7.11 Å². The maximum atomic E-state index is 11.9. The fraction of sp³-hybridized carbons (Fsp3) is 0.833. The maximum Gasteiger partial charge on any atom is 0.305 e. The van der Waals surface area contributed by atoms with Gasteiger partial charge in [0.2, 0.25) is 11.8 Å². The lowest BCUT2D eigenvalue weighted by molar-refractivity contribution is -0.138. The van der Waals surface area contributed by atoms with Gasteiger partial charge in [-0.1, -0.05) is 0 Å². The van der Waals surface area contributed by atoms with E-state index in [9.17, 15) is 14.4 Å². The third kappa shape index (κ3) is 18.6. The summed E-state index contributed by atoms with van der Waals surface area (Å²) in [5, 5.41) is 13.9. The van der Waals surface area contributed by atoms with Crippen LogP contribution in [0.25, 0.3) is 0 Å². The average Bonchev–Trinajstić information content (AvgIpc) is 2.67. The smallest absolute Gasteiger partial charge is 0.305 e. The number of nitrogens with two attached hydrogens (primary N) is 1. The second-order valence-corrected chi connectivity index (χ2v) is 7.34. The van der Waals surface area contributed by atoms with Crippen LogP contribution in [0.5, 0.6) is 0 Å². The van der Waals surface area contributed by atoms with Crippen molar-refractivity contribution in [2.75, 3.05) is 71.4 Å². The second kappa shape index (κ2) is 19.5. The summed E-state index contributed by atoms with van der Waals surface area (Å²) < 4.78 is 20.7. The first-order valence-corrected chi connectivity index (χ1v) is 10.8. The summed E-state index contributed by atoms with van der Waals surface area (Å²) in [7, 11) is 1.56. The maximum absolute atomic E-state index is 11.9. The van der Waals surface area contributed by atoms with E-state index in [1.807, 2.05) is 0 Å². The number of amides is 2. The molecule has 0 aromatic carbocycles. The molecule has 176 valence electrons. The van der Waals surface area contributed by atoms with Crippen molar-refractivity contribution in [2.24, 2.45) is 5.73 Å². The molecular formula is C18H35N3O8S. The van der Waals surface area contributed by atoms with Crippen molar-refractivity contribution in [1.29, 1.82) is 0 Å². The number of hydrogen-bond acceptors (Lipinski definition) is 9. The van der Waals surface area contributed by atoms with Gasteiger partial charge in [-0.2, -0.15) is 11.8 Å². The van der Waals surface area contributed by atoms with Crippen LogP contribution in [0.3, 0.4) is 0 Å². The summed E-state index contributed by atoms with van der Waals surface area (Å²) >= 11 is 1.47. The lowest BCUT2D eigenvalue weighted by Crippen LogP contribution is -2.44. The Bertz CT molecular complexity index is 484. The Morgan fingerprint density at radius 3 is 2.17 bits per heavy atom. The van der Waals surface area contributed by atoms with Crippen LogP contribution >= 0.6 is 11.8 Å². The number of ether oxygens (including phenoxy) is 4. The molecule has 0 bridgehead atoms. The quantitative estimate of drug-likeness (QED) is 0.166. The first kappa shape index (κ1) is 28.6. The number of carboxylic acid groups (broad SMARTS) is 1. The number of carbonyl (C=O) groups is 3. The van der Waals surface area contributed by atoms with Gasteiger partial charge in [0.1, 0.15) is 0 Å². The Morgan fingerprint density at radius 1 is 1.00 bits per heavy atom. The average molecular weight is 454 g/mol. The molecule has 12 heteroatoms. The Hall–Kier alpha value is -1.44. The second-order valence-electron chi connectivity index (χ2n) is 6.27. The minimum Gasteiger partial charge on any atom is -0.481 e. The highest BCUT2D eigenvalue weighted by Crippen LogP contribution is 2.05.